The van der Waals surface area contributed by atoms with Crippen LogP contribution in [0.2, 0.25) is 0 Å². The van der Waals surface area contributed by atoms with Gasteiger partial charge in [-0.15, -0.1) is 0 Å². The molecule has 1 amide bonds. The largest absolute Gasteiger partial charge is 0.468 e. The molecule has 10 heteroatoms. The Morgan fingerprint density at radius 2 is 2.04 bits per heavy atom. The maximum Gasteiger partial charge on any atom is 0.325 e. The highest BCUT2D eigenvalue weighted by Crippen LogP contribution is 2.03. The average molecular weight is 339 g/mol. The molecule has 122 valence electrons. The van der Waals surface area contributed by atoms with Crippen molar-refractivity contribution < 1.29 is 22.7 Å². The van der Waals surface area contributed by atoms with Crippen LogP contribution in [0.15, 0.2) is 35.4 Å². The summed E-state index contributed by atoms with van der Waals surface area (Å²) in [5.74, 6) is -2.20. The molecule has 0 fully saturated rings. The van der Waals surface area contributed by atoms with Crippen LogP contribution in [0.1, 0.15) is 17.3 Å². The molecule has 9 nitrogen and oxygen atoms in total. The predicted octanol–water partition coefficient (Wildman–Crippen LogP) is -0.684. The normalized spacial score (nSPS) is 12.6. The lowest BCUT2D eigenvalue weighted by molar-refractivity contribution is -0.139. The fraction of sp³-hybridized carbons (Fsp3) is 0.231. The molecule has 0 saturated heterocycles. The minimum Gasteiger partial charge on any atom is -0.468 e. The Labute approximate surface area is 131 Å². The van der Waals surface area contributed by atoms with E-state index in [0.29, 0.717) is 5.65 Å². The van der Waals surface area contributed by atoms with Gasteiger partial charge in [0.25, 0.3) is 11.5 Å². The second kappa shape index (κ2) is 6.16. The minimum absolute atomic E-state index is 0.305. The van der Waals surface area contributed by atoms with Gasteiger partial charge in [-0.25, -0.2) is 18.1 Å². The highest BCUT2D eigenvalue weighted by atomic mass is 32.2. The Hall–Kier alpha value is -2.75. The number of carbonyl (C=O) groups excluding carboxylic acids is 2. The third kappa shape index (κ3) is 3.21. The smallest absolute Gasteiger partial charge is 0.325 e. The first-order valence-corrected chi connectivity index (χ1v) is 7.92. The summed E-state index contributed by atoms with van der Waals surface area (Å²) in [6.45, 7) is 1.06. The van der Waals surface area contributed by atoms with Crippen LogP contribution < -0.4 is 10.3 Å². The second-order valence-corrected chi connectivity index (χ2v) is 6.55. The summed E-state index contributed by atoms with van der Waals surface area (Å²) in [5, 5.41) is -1.60. The van der Waals surface area contributed by atoms with E-state index < -0.39 is 38.3 Å². The Morgan fingerprint density at radius 1 is 1.35 bits per heavy atom. The van der Waals surface area contributed by atoms with E-state index in [1.165, 1.54) is 6.20 Å². The van der Waals surface area contributed by atoms with Crippen molar-refractivity contribution in [3.8, 4) is 0 Å². The third-order valence-corrected chi connectivity index (χ3v) is 4.68. The van der Waals surface area contributed by atoms with Crippen LogP contribution in [0, 0.1) is 0 Å². The zero-order chi connectivity index (χ0) is 17.2. The molecular weight excluding hydrogens is 326 g/mol. The van der Waals surface area contributed by atoms with Crippen LogP contribution in [-0.4, -0.2) is 42.0 Å². The van der Waals surface area contributed by atoms with Crippen LogP contribution in [0.4, 0.5) is 0 Å². The number of ether oxygens (including phenoxy) is 1. The van der Waals surface area contributed by atoms with Crippen LogP contribution in [0.5, 0.6) is 0 Å². The number of sulfonamides is 1. The Balaban J connectivity index is 2.37. The van der Waals surface area contributed by atoms with E-state index >= 15 is 0 Å². The first kappa shape index (κ1) is 16.6. The topological polar surface area (TPSA) is 124 Å². The van der Waals surface area contributed by atoms with Crippen molar-refractivity contribution >= 4 is 27.5 Å². The van der Waals surface area contributed by atoms with Crippen LogP contribution in [0.25, 0.3) is 5.65 Å². The summed E-state index contributed by atoms with van der Waals surface area (Å²) in [7, 11) is -3.32. The second-order valence-electron chi connectivity index (χ2n) is 4.55. The summed E-state index contributed by atoms with van der Waals surface area (Å²) >= 11 is 0. The number of amides is 1. The predicted molar refractivity (Wildman–Crippen MR) is 79.3 cm³/mol. The van der Waals surface area contributed by atoms with E-state index in [0.717, 1.165) is 24.6 Å². The Morgan fingerprint density at radius 3 is 2.70 bits per heavy atom. The number of hydrogen-bond acceptors (Lipinski definition) is 7. The minimum atomic E-state index is -4.34. The van der Waals surface area contributed by atoms with Gasteiger partial charge in [0.15, 0.2) is 5.25 Å². The number of nitrogens with zero attached hydrogens (tertiary/aromatic N) is 2. The molecule has 0 aliphatic heterocycles. The Bertz CT molecular complexity index is 934. The van der Waals surface area contributed by atoms with Crippen molar-refractivity contribution in [2.24, 2.45) is 0 Å². The van der Waals surface area contributed by atoms with Gasteiger partial charge >= 0.3 is 5.97 Å². The van der Waals surface area contributed by atoms with Crippen molar-refractivity contribution in [1.82, 2.24) is 14.1 Å². The van der Waals surface area contributed by atoms with Gasteiger partial charge in [-0.1, -0.05) is 6.07 Å². The van der Waals surface area contributed by atoms with Crippen molar-refractivity contribution in [1.29, 1.82) is 0 Å². The van der Waals surface area contributed by atoms with Gasteiger partial charge in [-0.3, -0.25) is 18.8 Å². The van der Waals surface area contributed by atoms with Crippen LogP contribution in [0.3, 0.4) is 0 Å². The molecule has 0 bridgehead atoms. The first-order chi connectivity index (χ1) is 10.8. The molecular formula is C13H13N3O6S. The molecule has 2 rings (SSSR count). The van der Waals surface area contributed by atoms with Crippen LogP contribution >= 0.6 is 0 Å². The van der Waals surface area contributed by atoms with Gasteiger partial charge in [0.05, 0.1) is 7.11 Å². The zero-order valence-corrected chi connectivity index (χ0v) is 13.0. The first-order valence-electron chi connectivity index (χ1n) is 6.38. The summed E-state index contributed by atoms with van der Waals surface area (Å²) in [4.78, 5) is 39.4. The molecule has 0 aliphatic carbocycles. The number of rotatable bonds is 4. The Kier molecular flexibility index (Phi) is 4.45. The van der Waals surface area contributed by atoms with Gasteiger partial charge in [-0.05, 0) is 19.1 Å². The fourth-order valence-electron chi connectivity index (χ4n) is 1.75. The highest BCUT2D eigenvalue weighted by Gasteiger charge is 2.31. The number of hydrogen-bond donors (Lipinski definition) is 1. The molecule has 0 saturated carbocycles. The highest BCUT2D eigenvalue weighted by molar-refractivity contribution is 7.91. The molecule has 2 aromatic rings. The van der Waals surface area contributed by atoms with Crippen LogP contribution in [-0.2, 0) is 19.6 Å². The molecule has 0 aromatic carbocycles. The SMILES string of the molecule is COC(=O)[C@@H](C)S(=O)(=O)NC(=O)c1cnc2ccccn2c1=O. The quantitative estimate of drug-likeness (QED) is 0.732. The lowest BCUT2D eigenvalue weighted by atomic mass is 10.3. The number of fused-ring (bicyclic) bond motifs is 1. The molecule has 1 N–H and O–H groups in total. The van der Waals surface area contributed by atoms with Gasteiger partial charge < -0.3 is 4.74 Å². The van der Waals surface area contributed by atoms with Crippen molar-refractivity contribution in [2.45, 2.75) is 12.2 Å². The monoisotopic (exact) mass is 339 g/mol. The van der Waals surface area contributed by atoms with Gasteiger partial charge in [-0.2, -0.15) is 0 Å². The number of carbonyl (C=O) groups is 2. The van der Waals surface area contributed by atoms with Gasteiger partial charge in [0.1, 0.15) is 11.2 Å². The number of aromatic nitrogens is 2. The molecule has 0 spiro atoms. The van der Waals surface area contributed by atoms with E-state index in [-0.39, 0.29) is 0 Å². The van der Waals surface area contributed by atoms with Gasteiger partial charge in [0, 0.05) is 12.4 Å². The molecule has 0 unspecified atom stereocenters. The lowest BCUT2D eigenvalue weighted by Gasteiger charge is -2.11. The zero-order valence-electron chi connectivity index (χ0n) is 12.2. The summed E-state index contributed by atoms with van der Waals surface area (Å²) in [6.07, 6.45) is 2.37. The maximum atomic E-state index is 12.2. The van der Waals surface area contributed by atoms with Crippen molar-refractivity contribution in [2.75, 3.05) is 7.11 Å². The number of methoxy groups -OCH3 is 1. The van der Waals surface area contributed by atoms with Crippen molar-refractivity contribution in [3.63, 3.8) is 0 Å². The molecule has 2 heterocycles. The van der Waals surface area contributed by atoms with E-state index in [1.807, 2.05) is 0 Å². The summed E-state index contributed by atoms with van der Waals surface area (Å²) in [5.41, 5.74) is -0.886. The summed E-state index contributed by atoms with van der Waals surface area (Å²) in [6, 6.07) is 4.77. The number of esters is 1. The van der Waals surface area contributed by atoms with E-state index in [9.17, 15) is 22.8 Å². The average Bonchev–Trinajstić information content (AvgIpc) is 2.53. The standard InChI is InChI=1S/C13H13N3O6S/c1-8(13(19)22-2)23(20,21)15-11(17)9-7-14-10-5-3-4-6-16(10)12(9)18/h3-8H,1-2H3,(H,15,17)/t8-/m1/s1. The van der Waals surface area contributed by atoms with E-state index in [1.54, 1.807) is 22.9 Å². The molecule has 0 aliphatic rings. The fourth-order valence-corrected chi connectivity index (χ4v) is 2.64. The molecule has 23 heavy (non-hydrogen) atoms. The lowest BCUT2D eigenvalue weighted by Crippen LogP contribution is -2.43. The van der Waals surface area contributed by atoms with E-state index in [4.69, 9.17) is 0 Å². The molecule has 0 radical (unpaired) electrons. The summed E-state index contributed by atoms with van der Waals surface area (Å²) < 4.78 is 30.9. The van der Waals surface area contributed by atoms with E-state index in [2.05, 4.69) is 9.72 Å². The van der Waals surface area contributed by atoms with Crippen molar-refractivity contribution in [3.05, 3.63) is 46.5 Å². The third-order valence-electron chi connectivity index (χ3n) is 3.09. The van der Waals surface area contributed by atoms with Gasteiger partial charge in [0.2, 0.25) is 10.0 Å². The maximum absolute atomic E-state index is 12.2. The molecule has 1 atom stereocenters. The molecule has 2 aromatic heterocycles. The number of pyridine rings is 1. The number of nitrogens with one attached hydrogen (secondary N) is 1.